The topological polar surface area (TPSA) is 59.8 Å². The number of anilines is 1. The van der Waals surface area contributed by atoms with Crippen LogP contribution in [0.3, 0.4) is 0 Å². The fourth-order valence-corrected chi connectivity index (χ4v) is 3.58. The lowest BCUT2D eigenvalue weighted by Crippen LogP contribution is -2.27. The largest absolute Gasteiger partial charge is 0.426 e. The molecule has 1 heterocycles. The van der Waals surface area contributed by atoms with Crippen molar-refractivity contribution in [2.75, 3.05) is 29.7 Å². The Morgan fingerprint density at radius 3 is 2.37 bits per heavy atom. The number of rotatable bonds is 10. The van der Waals surface area contributed by atoms with Crippen molar-refractivity contribution in [3.8, 4) is 5.75 Å². The van der Waals surface area contributed by atoms with Crippen molar-refractivity contribution in [3.05, 3.63) is 70.6 Å². The van der Waals surface area contributed by atoms with Crippen LogP contribution in [0.25, 0.3) is 11.0 Å². The predicted octanol–water partition coefficient (Wildman–Crippen LogP) is 5.01. The van der Waals surface area contributed by atoms with Gasteiger partial charge in [0.2, 0.25) is 0 Å². The third-order valence-electron chi connectivity index (χ3n) is 4.68. The lowest BCUT2D eigenvalue weighted by atomic mass is 10.1. The molecular formula is C23H23Cl2NO4. The maximum absolute atomic E-state index is 12.1. The normalized spacial score (nSPS) is 10.9. The second-order valence-electron chi connectivity index (χ2n) is 6.81. The van der Waals surface area contributed by atoms with Gasteiger partial charge in [-0.25, -0.2) is 4.79 Å². The van der Waals surface area contributed by atoms with Crippen LogP contribution in [0.15, 0.2) is 63.8 Å². The third kappa shape index (κ3) is 6.25. The molecule has 0 atom stereocenters. The van der Waals surface area contributed by atoms with Crippen molar-refractivity contribution in [1.82, 2.24) is 0 Å². The minimum atomic E-state index is -0.439. The summed E-state index contributed by atoms with van der Waals surface area (Å²) >= 11 is 11.7. The van der Waals surface area contributed by atoms with Gasteiger partial charge in [0.15, 0.2) is 0 Å². The molecule has 2 aromatic carbocycles. The van der Waals surface area contributed by atoms with Gasteiger partial charge in [0.25, 0.3) is 0 Å². The summed E-state index contributed by atoms with van der Waals surface area (Å²) in [5, 5.41) is 0.772. The number of fused-ring (bicyclic) bond motifs is 1. The molecule has 3 aromatic rings. The highest BCUT2D eigenvalue weighted by Crippen LogP contribution is 2.21. The molecule has 30 heavy (non-hydrogen) atoms. The number of nitrogens with zero attached hydrogens (tertiary/aromatic N) is 1. The van der Waals surface area contributed by atoms with Gasteiger partial charge in [0.05, 0.1) is 0 Å². The summed E-state index contributed by atoms with van der Waals surface area (Å²) in [6.45, 7) is 1.50. The van der Waals surface area contributed by atoms with E-state index < -0.39 is 5.63 Å². The van der Waals surface area contributed by atoms with Crippen molar-refractivity contribution in [1.29, 1.82) is 0 Å². The Morgan fingerprint density at radius 1 is 0.967 bits per heavy atom. The average Bonchev–Trinajstić information content (AvgIpc) is 2.74. The lowest BCUT2D eigenvalue weighted by molar-refractivity contribution is -0.134. The molecule has 0 aliphatic rings. The van der Waals surface area contributed by atoms with Crippen LogP contribution in [0, 0.1) is 0 Å². The summed E-state index contributed by atoms with van der Waals surface area (Å²) < 4.78 is 10.5. The highest BCUT2D eigenvalue weighted by molar-refractivity contribution is 6.18. The summed E-state index contributed by atoms with van der Waals surface area (Å²) in [5.74, 6) is 1.14. The van der Waals surface area contributed by atoms with E-state index in [1.807, 2.05) is 0 Å². The Morgan fingerprint density at radius 2 is 1.67 bits per heavy atom. The van der Waals surface area contributed by atoms with E-state index in [9.17, 15) is 9.59 Å². The second-order valence-corrected chi connectivity index (χ2v) is 7.57. The van der Waals surface area contributed by atoms with Crippen LogP contribution in [-0.4, -0.2) is 30.8 Å². The Kier molecular flexibility index (Phi) is 8.17. The Hall–Kier alpha value is -2.50. The number of esters is 1. The Balaban J connectivity index is 1.50. The monoisotopic (exact) mass is 447 g/mol. The van der Waals surface area contributed by atoms with E-state index in [2.05, 4.69) is 29.2 Å². The van der Waals surface area contributed by atoms with Gasteiger partial charge in [0, 0.05) is 54.5 Å². The predicted molar refractivity (Wildman–Crippen MR) is 121 cm³/mol. The first-order chi connectivity index (χ1) is 14.6. The van der Waals surface area contributed by atoms with Crippen LogP contribution >= 0.6 is 23.2 Å². The molecule has 0 spiro atoms. The zero-order valence-electron chi connectivity index (χ0n) is 16.5. The van der Waals surface area contributed by atoms with Crippen LogP contribution in [0.1, 0.15) is 18.4 Å². The van der Waals surface area contributed by atoms with E-state index in [4.69, 9.17) is 32.4 Å². The fourth-order valence-electron chi connectivity index (χ4n) is 3.17. The van der Waals surface area contributed by atoms with Crippen molar-refractivity contribution in [2.45, 2.75) is 19.3 Å². The number of alkyl halides is 2. The van der Waals surface area contributed by atoms with E-state index in [0.29, 0.717) is 35.9 Å². The molecule has 0 fully saturated rings. The molecule has 0 unspecified atom stereocenters. The number of carbonyl (C=O) groups is 1. The molecule has 0 aliphatic heterocycles. The van der Waals surface area contributed by atoms with Gasteiger partial charge in [-0.05, 0) is 48.7 Å². The number of benzene rings is 2. The zero-order chi connectivity index (χ0) is 21.3. The third-order valence-corrected chi connectivity index (χ3v) is 5.02. The van der Waals surface area contributed by atoms with Crippen molar-refractivity contribution in [2.24, 2.45) is 0 Å². The number of hydrogen-bond acceptors (Lipinski definition) is 5. The number of ether oxygens (including phenoxy) is 1. The van der Waals surface area contributed by atoms with E-state index in [1.165, 1.54) is 6.07 Å². The first-order valence-corrected chi connectivity index (χ1v) is 10.9. The molecule has 0 saturated carbocycles. The smallest absolute Gasteiger partial charge is 0.336 e. The van der Waals surface area contributed by atoms with Crippen LogP contribution in [0.2, 0.25) is 0 Å². The van der Waals surface area contributed by atoms with E-state index >= 15 is 0 Å². The van der Waals surface area contributed by atoms with Gasteiger partial charge in [0.1, 0.15) is 11.3 Å². The summed E-state index contributed by atoms with van der Waals surface area (Å²) in [6.07, 6.45) is 1.74. The quantitative estimate of drug-likeness (QED) is 0.189. The minimum Gasteiger partial charge on any atom is -0.426 e. The molecule has 0 amide bonds. The molecule has 0 radical (unpaired) electrons. The Bertz CT molecular complexity index is 1030. The molecule has 0 bridgehead atoms. The van der Waals surface area contributed by atoms with Crippen LogP contribution < -0.4 is 15.3 Å². The highest BCUT2D eigenvalue weighted by Gasteiger charge is 2.08. The maximum Gasteiger partial charge on any atom is 0.336 e. The number of halogens is 2. The van der Waals surface area contributed by atoms with Crippen LogP contribution in [0.5, 0.6) is 5.75 Å². The molecule has 5 nitrogen and oxygen atoms in total. The standard InChI is InChI=1S/C23H23Cl2NO4/c24-12-14-26(15-13-25)19-8-4-17(5-9-19)2-1-3-22(27)29-20-10-6-18-7-11-23(28)30-21(18)16-20/h4-11,16H,1-3,12-15H2. The first kappa shape index (κ1) is 22.2. The molecule has 0 aliphatic carbocycles. The zero-order valence-corrected chi connectivity index (χ0v) is 18.0. The lowest BCUT2D eigenvalue weighted by Gasteiger charge is -2.23. The molecule has 158 valence electrons. The SMILES string of the molecule is O=C(CCCc1ccc(N(CCCl)CCCl)cc1)Oc1ccc2ccc(=O)oc2c1. The first-order valence-electron chi connectivity index (χ1n) is 9.79. The van der Waals surface area contributed by atoms with Gasteiger partial charge in [-0.1, -0.05) is 12.1 Å². The molecule has 7 heteroatoms. The van der Waals surface area contributed by atoms with Gasteiger partial charge >= 0.3 is 11.6 Å². The summed E-state index contributed by atoms with van der Waals surface area (Å²) in [7, 11) is 0. The summed E-state index contributed by atoms with van der Waals surface area (Å²) in [4.78, 5) is 25.6. The van der Waals surface area contributed by atoms with Gasteiger partial charge in [-0.2, -0.15) is 0 Å². The second kappa shape index (κ2) is 11.0. The van der Waals surface area contributed by atoms with E-state index in [-0.39, 0.29) is 5.97 Å². The number of carbonyl (C=O) groups excluding carboxylic acids is 1. The van der Waals surface area contributed by atoms with Gasteiger partial charge < -0.3 is 14.1 Å². The molecule has 0 N–H and O–H groups in total. The van der Waals surface area contributed by atoms with E-state index in [1.54, 1.807) is 24.3 Å². The molecule has 0 saturated heterocycles. The van der Waals surface area contributed by atoms with E-state index in [0.717, 1.165) is 36.1 Å². The molecule has 1 aromatic heterocycles. The van der Waals surface area contributed by atoms with Crippen molar-refractivity contribution < 1.29 is 13.9 Å². The maximum atomic E-state index is 12.1. The number of aryl methyl sites for hydroxylation is 1. The molecule has 3 rings (SSSR count). The average molecular weight is 448 g/mol. The van der Waals surface area contributed by atoms with Gasteiger partial charge in [-0.15, -0.1) is 23.2 Å². The number of hydrogen-bond donors (Lipinski definition) is 0. The summed E-state index contributed by atoms with van der Waals surface area (Å²) in [5.41, 5.74) is 2.19. The van der Waals surface area contributed by atoms with Gasteiger partial charge in [-0.3, -0.25) is 4.79 Å². The van der Waals surface area contributed by atoms with Crippen molar-refractivity contribution in [3.63, 3.8) is 0 Å². The van der Waals surface area contributed by atoms with Crippen LogP contribution in [0.4, 0.5) is 5.69 Å². The van der Waals surface area contributed by atoms with Crippen LogP contribution in [-0.2, 0) is 11.2 Å². The minimum absolute atomic E-state index is 0.295. The highest BCUT2D eigenvalue weighted by atomic mass is 35.5. The fraction of sp³-hybridized carbons (Fsp3) is 0.304. The Labute approximate surface area is 185 Å². The molecular weight excluding hydrogens is 425 g/mol. The van der Waals surface area contributed by atoms with Crippen molar-refractivity contribution >= 4 is 45.8 Å². The summed E-state index contributed by atoms with van der Waals surface area (Å²) in [6, 6.07) is 16.2.